The maximum absolute atomic E-state index is 12.4. The average Bonchev–Trinajstić information content (AvgIpc) is 2.73. The van der Waals surface area contributed by atoms with Crippen LogP contribution in [0.1, 0.15) is 26.2 Å². The smallest absolute Gasteiger partial charge is 0.233 e. The van der Waals surface area contributed by atoms with Gasteiger partial charge in [0.1, 0.15) is 0 Å². The van der Waals surface area contributed by atoms with Gasteiger partial charge in [-0.3, -0.25) is 19.3 Å². The van der Waals surface area contributed by atoms with Gasteiger partial charge in [-0.1, -0.05) is 12.2 Å². The Balaban J connectivity index is 1.71. The molecule has 3 aliphatic carbocycles. The van der Waals surface area contributed by atoms with Crippen molar-refractivity contribution >= 4 is 17.7 Å². The molecule has 4 aliphatic rings. The van der Waals surface area contributed by atoms with Crippen molar-refractivity contribution in [2.45, 2.75) is 26.2 Å². The van der Waals surface area contributed by atoms with Crippen LogP contribution in [0.2, 0.25) is 0 Å². The third-order valence-electron chi connectivity index (χ3n) is 4.79. The highest BCUT2D eigenvalue weighted by Gasteiger charge is 2.56. The molecule has 5 nitrogen and oxygen atoms in total. The molecule has 0 aromatic heterocycles. The highest BCUT2D eigenvalue weighted by Crippen LogP contribution is 2.49. The van der Waals surface area contributed by atoms with E-state index < -0.39 is 0 Å². The Morgan fingerprint density at radius 2 is 1.75 bits per heavy atom. The van der Waals surface area contributed by atoms with E-state index in [1.807, 2.05) is 6.92 Å². The van der Waals surface area contributed by atoms with Crippen LogP contribution in [0.3, 0.4) is 0 Å². The molecule has 20 heavy (non-hydrogen) atoms. The Labute approximate surface area is 118 Å². The number of allylic oxidation sites excluding steroid dienone is 2. The van der Waals surface area contributed by atoms with E-state index >= 15 is 0 Å². The molecule has 1 saturated carbocycles. The molecular formula is C15H20N2O3. The van der Waals surface area contributed by atoms with Crippen LogP contribution in [0, 0.1) is 23.7 Å². The summed E-state index contributed by atoms with van der Waals surface area (Å²) in [6.07, 6.45) is 6.42. The van der Waals surface area contributed by atoms with Gasteiger partial charge in [0, 0.05) is 19.5 Å². The number of rotatable bonds is 4. The zero-order valence-electron chi connectivity index (χ0n) is 11.7. The molecule has 108 valence electrons. The summed E-state index contributed by atoms with van der Waals surface area (Å²) in [5.41, 5.74) is 0. The van der Waals surface area contributed by atoms with E-state index in [4.69, 9.17) is 0 Å². The summed E-state index contributed by atoms with van der Waals surface area (Å²) in [5.74, 6) is -0.136. The number of carbonyl (C=O) groups is 3. The molecule has 2 fully saturated rings. The summed E-state index contributed by atoms with van der Waals surface area (Å²) >= 11 is 0. The largest absolute Gasteiger partial charge is 0.356 e. The van der Waals surface area contributed by atoms with Gasteiger partial charge in [-0.05, 0) is 31.6 Å². The van der Waals surface area contributed by atoms with Gasteiger partial charge in [0.25, 0.3) is 0 Å². The van der Waals surface area contributed by atoms with Crippen molar-refractivity contribution in [2.24, 2.45) is 23.7 Å². The number of fused-ring (bicyclic) bond motifs is 1. The summed E-state index contributed by atoms with van der Waals surface area (Å²) in [7, 11) is 0. The molecular weight excluding hydrogens is 256 g/mol. The fourth-order valence-electron chi connectivity index (χ4n) is 3.86. The normalized spacial score (nSPS) is 34.5. The van der Waals surface area contributed by atoms with E-state index in [9.17, 15) is 14.4 Å². The number of likely N-dealkylation sites (tertiary alicyclic amines) is 1. The zero-order valence-corrected chi connectivity index (χ0v) is 11.7. The fourth-order valence-corrected chi connectivity index (χ4v) is 3.86. The summed E-state index contributed by atoms with van der Waals surface area (Å²) in [5, 5.41) is 2.69. The zero-order chi connectivity index (χ0) is 14.3. The van der Waals surface area contributed by atoms with Crippen molar-refractivity contribution in [2.75, 3.05) is 13.1 Å². The minimum absolute atomic E-state index is 0.0663. The summed E-state index contributed by atoms with van der Waals surface area (Å²) < 4.78 is 0. The molecule has 0 unspecified atom stereocenters. The monoisotopic (exact) mass is 276 g/mol. The fraction of sp³-hybridized carbons (Fsp3) is 0.667. The third kappa shape index (κ3) is 1.96. The molecule has 1 N–H and O–H groups in total. The quantitative estimate of drug-likeness (QED) is 0.607. The lowest BCUT2D eigenvalue weighted by Gasteiger charge is -2.38. The second kappa shape index (κ2) is 5.04. The molecule has 0 radical (unpaired) electrons. The van der Waals surface area contributed by atoms with E-state index in [0.717, 1.165) is 12.8 Å². The standard InChI is InChI=1S/C15H20N2O3/c1-2-16-11(18)7-8-17-14(19)12-9-3-4-10(6-5-9)13(12)15(17)20/h3-4,9-10,12-13H,2,5-8H2,1H3,(H,16,18)/t9-,10-,12+,13+/m0/s1. The van der Waals surface area contributed by atoms with Crippen LogP contribution in [-0.2, 0) is 14.4 Å². The highest BCUT2D eigenvalue weighted by atomic mass is 16.2. The van der Waals surface area contributed by atoms with Crippen molar-refractivity contribution in [3.05, 3.63) is 12.2 Å². The second-order valence-corrected chi connectivity index (χ2v) is 5.87. The molecule has 4 atom stereocenters. The first-order valence-electron chi connectivity index (χ1n) is 7.43. The molecule has 2 bridgehead atoms. The molecule has 4 rings (SSSR count). The van der Waals surface area contributed by atoms with E-state index in [1.54, 1.807) is 0 Å². The van der Waals surface area contributed by atoms with Gasteiger partial charge in [0.2, 0.25) is 17.7 Å². The molecule has 1 aliphatic heterocycles. The van der Waals surface area contributed by atoms with Crippen molar-refractivity contribution in [1.82, 2.24) is 10.2 Å². The minimum Gasteiger partial charge on any atom is -0.356 e. The second-order valence-electron chi connectivity index (χ2n) is 5.87. The first kappa shape index (κ1) is 13.3. The van der Waals surface area contributed by atoms with Gasteiger partial charge in [0.15, 0.2) is 0 Å². The van der Waals surface area contributed by atoms with Crippen LogP contribution in [-0.4, -0.2) is 35.7 Å². The van der Waals surface area contributed by atoms with Crippen LogP contribution in [0.15, 0.2) is 12.2 Å². The number of hydrogen-bond donors (Lipinski definition) is 1. The SMILES string of the molecule is CCNC(=O)CCN1C(=O)[C@H]2[C@H](C1=O)[C@H]1C=C[C@H]2CC1. The first-order valence-corrected chi connectivity index (χ1v) is 7.43. The number of hydrogen-bond acceptors (Lipinski definition) is 3. The number of carbonyl (C=O) groups excluding carboxylic acids is 3. The lowest BCUT2D eigenvalue weighted by atomic mass is 9.63. The first-order chi connectivity index (χ1) is 9.63. The number of imide groups is 1. The van der Waals surface area contributed by atoms with Crippen LogP contribution in [0.5, 0.6) is 0 Å². The maximum atomic E-state index is 12.4. The van der Waals surface area contributed by atoms with Crippen LogP contribution in [0.25, 0.3) is 0 Å². The summed E-state index contributed by atoms with van der Waals surface area (Å²) in [6.45, 7) is 2.64. The van der Waals surface area contributed by atoms with Crippen molar-refractivity contribution in [1.29, 1.82) is 0 Å². The van der Waals surface area contributed by atoms with E-state index in [-0.39, 0.29) is 54.4 Å². The maximum Gasteiger partial charge on any atom is 0.233 e. The van der Waals surface area contributed by atoms with Gasteiger partial charge >= 0.3 is 0 Å². The van der Waals surface area contributed by atoms with Crippen molar-refractivity contribution in [3.63, 3.8) is 0 Å². The topological polar surface area (TPSA) is 66.5 Å². The van der Waals surface area contributed by atoms with Gasteiger partial charge < -0.3 is 5.32 Å². The van der Waals surface area contributed by atoms with Crippen LogP contribution in [0.4, 0.5) is 0 Å². The van der Waals surface area contributed by atoms with Crippen LogP contribution >= 0.6 is 0 Å². The van der Waals surface area contributed by atoms with Crippen LogP contribution < -0.4 is 5.32 Å². The predicted molar refractivity (Wildman–Crippen MR) is 72.4 cm³/mol. The highest BCUT2D eigenvalue weighted by molar-refractivity contribution is 6.06. The third-order valence-corrected chi connectivity index (χ3v) is 4.79. The Kier molecular flexibility index (Phi) is 3.36. The van der Waals surface area contributed by atoms with Gasteiger partial charge in [-0.25, -0.2) is 0 Å². The Morgan fingerprint density at radius 1 is 1.20 bits per heavy atom. The number of nitrogens with zero attached hydrogens (tertiary/aromatic N) is 1. The summed E-state index contributed by atoms with van der Waals surface area (Å²) in [4.78, 5) is 37.7. The Bertz CT molecular complexity index is 454. The predicted octanol–water partition coefficient (Wildman–Crippen LogP) is 0.710. The minimum atomic E-state index is -0.166. The molecule has 3 amide bonds. The van der Waals surface area contributed by atoms with Gasteiger partial charge in [0.05, 0.1) is 11.8 Å². The van der Waals surface area contributed by atoms with Gasteiger partial charge in [-0.2, -0.15) is 0 Å². The molecule has 0 aromatic carbocycles. The average molecular weight is 276 g/mol. The van der Waals surface area contributed by atoms with Gasteiger partial charge in [-0.15, -0.1) is 0 Å². The molecule has 1 heterocycles. The lowest BCUT2D eigenvalue weighted by Crippen LogP contribution is -2.38. The Hall–Kier alpha value is -1.65. The molecule has 1 saturated heterocycles. The van der Waals surface area contributed by atoms with E-state index in [1.165, 1.54) is 4.90 Å². The molecule has 0 aromatic rings. The Morgan fingerprint density at radius 3 is 2.20 bits per heavy atom. The molecule has 5 heteroatoms. The number of amides is 3. The molecule has 0 spiro atoms. The van der Waals surface area contributed by atoms with E-state index in [2.05, 4.69) is 17.5 Å². The lowest BCUT2D eigenvalue weighted by molar-refractivity contribution is -0.140. The van der Waals surface area contributed by atoms with Crippen molar-refractivity contribution < 1.29 is 14.4 Å². The summed E-state index contributed by atoms with van der Waals surface area (Å²) in [6, 6.07) is 0. The van der Waals surface area contributed by atoms with Crippen molar-refractivity contribution in [3.8, 4) is 0 Å². The number of nitrogens with one attached hydrogen (secondary N) is 1. The van der Waals surface area contributed by atoms with E-state index in [0.29, 0.717) is 6.54 Å².